The minimum Gasteiger partial charge on any atom is -0.390 e. The second-order valence-electron chi connectivity index (χ2n) is 14.0. The van der Waals surface area contributed by atoms with E-state index in [4.69, 9.17) is 0 Å². The Kier molecular flexibility index (Phi) is 14.9. The number of nitrogens with zero attached hydrogens (tertiary/aromatic N) is 6. The van der Waals surface area contributed by atoms with E-state index in [0.717, 1.165) is 47.8 Å². The van der Waals surface area contributed by atoms with Gasteiger partial charge in [-0.3, -0.25) is 39.3 Å². The van der Waals surface area contributed by atoms with Crippen molar-refractivity contribution in [1.82, 2.24) is 51.0 Å². The molecule has 6 heterocycles. The Balaban J connectivity index is 0.945. The van der Waals surface area contributed by atoms with E-state index in [-0.39, 0.29) is 29.9 Å². The number of thioether (sulfide) groups is 1. The molecular weight excluding hydrogens is 717 g/mol. The summed E-state index contributed by atoms with van der Waals surface area (Å²) in [5, 5.41) is 23.5. The Morgan fingerprint density at radius 2 is 1.35 bits per heavy atom. The van der Waals surface area contributed by atoms with Crippen molar-refractivity contribution < 1.29 is 19.5 Å². The minimum atomic E-state index is -0.694. The van der Waals surface area contributed by atoms with Crippen LogP contribution in [0.2, 0.25) is 0 Å². The molecule has 2 saturated heterocycles. The van der Waals surface area contributed by atoms with Gasteiger partial charge in [0.05, 0.1) is 46.5 Å². The highest BCUT2D eigenvalue weighted by Gasteiger charge is 2.42. The van der Waals surface area contributed by atoms with Gasteiger partial charge >= 0.3 is 6.03 Å². The maximum Gasteiger partial charge on any atom is 0.315 e. The Hall–Kier alpha value is -4.96. The number of amides is 4. The number of urea groups is 1. The summed E-state index contributed by atoms with van der Waals surface area (Å²) in [6, 6.07) is 21.3. The monoisotopic (exact) mass is 766 g/mol. The van der Waals surface area contributed by atoms with Gasteiger partial charge in [-0.05, 0) is 61.4 Å². The summed E-state index contributed by atoms with van der Waals surface area (Å²) in [7, 11) is 0. The molecule has 4 amide bonds. The number of unbranched alkanes of at least 4 members (excludes halogenated alkanes) is 1. The lowest BCUT2D eigenvalue weighted by Crippen LogP contribution is -2.40. The molecule has 4 aromatic rings. The molecule has 55 heavy (non-hydrogen) atoms. The van der Waals surface area contributed by atoms with Crippen LogP contribution in [0.3, 0.4) is 0 Å². The van der Waals surface area contributed by atoms with Crippen LogP contribution in [0.15, 0.2) is 91.5 Å². The first-order valence-electron chi connectivity index (χ1n) is 18.9. The van der Waals surface area contributed by atoms with Gasteiger partial charge in [-0.25, -0.2) is 4.79 Å². The van der Waals surface area contributed by atoms with Crippen LogP contribution in [0.25, 0.3) is 0 Å². The lowest BCUT2D eigenvalue weighted by molar-refractivity contribution is -0.121. The fraction of sp³-hybridized carbons (Fsp3) is 0.425. The molecule has 290 valence electrons. The molecule has 0 radical (unpaired) electrons. The first kappa shape index (κ1) is 39.7. The van der Waals surface area contributed by atoms with Crippen LogP contribution in [0, 0.1) is 0 Å². The highest BCUT2D eigenvalue weighted by Crippen LogP contribution is 2.33. The van der Waals surface area contributed by atoms with E-state index in [2.05, 4.69) is 51.0 Å². The van der Waals surface area contributed by atoms with E-state index < -0.39 is 6.10 Å². The number of hydrogen-bond donors (Lipinski definition) is 5. The number of nitrogens with one attached hydrogen (secondary N) is 4. The second kappa shape index (κ2) is 20.6. The van der Waals surface area contributed by atoms with Crippen LogP contribution in [-0.2, 0) is 31.0 Å². The molecule has 0 spiro atoms. The smallest absolute Gasteiger partial charge is 0.315 e. The molecule has 0 bridgehead atoms. The number of rotatable bonds is 21. The third kappa shape index (κ3) is 12.8. The van der Waals surface area contributed by atoms with Crippen LogP contribution >= 0.6 is 11.8 Å². The Bertz CT molecular complexity index is 1750. The zero-order valence-electron chi connectivity index (χ0n) is 30.9. The molecule has 0 aromatic carbocycles. The molecule has 4 atom stereocenters. The number of aromatic nitrogens is 4. The SMILES string of the molecule is O=C(CCCCC1SC[C@@H]2NC(=O)N[C@H]12)NCCNC(=O)c1ccc(CN(Cc2ccccn2)CC(O)CN(Cc2ccccn2)Cc2ccccn2)nc1. The maximum absolute atomic E-state index is 12.8. The molecule has 0 saturated carbocycles. The third-order valence-electron chi connectivity index (χ3n) is 9.56. The summed E-state index contributed by atoms with van der Waals surface area (Å²) in [6.07, 6.45) is 9.25. The molecule has 2 aliphatic heterocycles. The summed E-state index contributed by atoms with van der Waals surface area (Å²) < 4.78 is 0. The van der Waals surface area contributed by atoms with Gasteiger partial charge in [0.2, 0.25) is 5.91 Å². The maximum atomic E-state index is 12.8. The largest absolute Gasteiger partial charge is 0.390 e. The van der Waals surface area contributed by atoms with Gasteiger partial charge in [0.1, 0.15) is 0 Å². The van der Waals surface area contributed by atoms with E-state index in [1.54, 1.807) is 30.9 Å². The predicted molar refractivity (Wildman–Crippen MR) is 210 cm³/mol. The summed E-state index contributed by atoms with van der Waals surface area (Å²) in [6.45, 7) is 3.48. The zero-order valence-corrected chi connectivity index (χ0v) is 31.7. The van der Waals surface area contributed by atoms with E-state index >= 15 is 0 Å². The lowest BCUT2D eigenvalue weighted by Gasteiger charge is -2.29. The average Bonchev–Trinajstić information content (AvgIpc) is 3.75. The van der Waals surface area contributed by atoms with E-state index in [1.807, 2.05) is 72.4 Å². The van der Waals surface area contributed by atoms with Gasteiger partial charge in [-0.2, -0.15) is 11.8 Å². The normalized spacial score (nSPS) is 18.1. The average molecular weight is 767 g/mol. The molecule has 2 aliphatic rings. The van der Waals surface area contributed by atoms with E-state index in [1.165, 1.54) is 0 Å². The summed E-state index contributed by atoms with van der Waals surface area (Å²) in [5.74, 6) is 0.623. The van der Waals surface area contributed by atoms with E-state index in [9.17, 15) is 19.5 Å². The molecular formula is C40H50N10O4S. The Labute approximate surface area is 326 Å². The minimum absolute atomic E-state index is 0.0393. The lowest BCUT2D eigenvalue weighted by atomic mass is 10.0. The first-order chi connectivity index (χ1) is 26.9. The molecule has 5 N–H and O–H groups in total. The van der Waals surface area contributed by atoms with Gasteiger partial charge in [0.15, 0.2) is 0 Å². The number of aliphatic hydroxyl groups is 1. The molecule has 0 aliphatic carbocycles. The standard InChI is InChI=1S/C40H50N10O4S/c51-34(26-49(22-30-9-3-6-16-41-30)23-31-10-4-7-17-42-31)27-50(24-32-11-5-8-18-43-32)25-33-15-14-29(21-46-33)39(53)45-20-19-44-37(52)13-2-1-12-36-38-35(28-55-36)47-40(54)48-38/h3-11,14-18,21,34-36,38,51H,1-2,12-13,19-20,22-28H2,(H,44,52)(H,45,53)(H2,47,48,54)/t34?,35-,36?,38-/m0/s1. The fourth-order valence-corrected chi connectivity index (χ4v) is 8.45. The van der Waals surface area contributed by atoms with Crippen LogP contribution in [-0.4, -0.2) is 108 Å². The van der Waals surface area contributed by atoms with Crippen molar-refractivity contribution in [3.05, 3.63) is 120 Å². The number of pyridine rings is 4. The van der Waals surface area contributed by atoms with Crippen molar-refractivity contribution in [2.24, 2.45) is 0 Å². The van der Waals surface area contributed by atoms with Crippen LogP contribution < -0.4 is 21.3 Å². The van der Waals surface area contributed by atoms with Gasteiger partial charge in [0, 0.05) is 94.6 Å². The van der Waals surface area contributed by atoms with Gasteiger partial charge in [-0.1, -0.05) is 24.6 Å². The van der Waals surface area contributed by atoms with Crippen molar-refractivity contribution in [2.45, 2.75) is 75.3 Å². The van der Waals surface area contributed by atoms with Crippen molar-refractivity contribution >= 4 is 29.6 Å². The van der Waals surface area contributed by atoms with Crippen molar-refractivity contribution in [3.8, 4) is 0 Å². The Morgan fingerprint density at radius 1 is 0.764 bits per heavy atom. The number of hydrogen-bond acceptors (Lipinski definition) is 11. The topological polar surface area (TPSA) is 178 Å². The highest BCUT2D eigenvalue weighted by atomic mass is 32.2. The number of carbonyl (C=O) groups excluding carboxylic acids is 3. The highest BCUT2D eigenvalue weighted by molar-refractivity contribution is 8.00. The summed E-state index contributed by atoms with van der Waals surface area (Å²) in [4.78, 5) is 59.1. The predicted octanol–water partition coefficient (Wildman–Crippen LogP) is 2.90. The van der Waals surface area contributed by atoms with E-state index in [0.29, 0.717) is 69.6 Å². The molecule has 4 aromatic heterocycles. The van der Waals surface area contributed by atoms with Gasteiger partial charge in [-0.15, -0.1) is 0 Å². The van der Waals surface area contributed by atoms with Crippen LogP contribution in [0.4, 0.5) is 4.79 Å². The summed E-state index contributed by atoms with van der Waals surface area (Å²) >= 11 is 1.88. The Morgan fingerprint density at radius 3 is 1.89 bits per heavy atom. The van der Waals surface area contributed by atoms with Crippen LogP contribution in [0.5, 0.6) is 0 Å². The first-order valence-corrected chi connectivity index (χ1v) is 19.9. The quantitative estimate of drug-likeness (QED) is 0.0623. The van der Waals surface area contributed by atoms with Crippen LogP contribution in [0.1, 0.15) is 58.8 Å². The molecule has 14 nitrogen and oxygen atoms in total. The molecule has 15 heteroatoms. The van der Waals surface area contributed by atoms with Crippen molar-refractivity contribution in [1.29, 1.82) is 0 Å². The van der Waals surface area contributed by atoms with Crippen molar-refractivity contribution in [3.63, 3.8) is 0 Å². The zero-order chi connectivity index (χ0) is 38.2. The third-order valence-corrected chi connectivity index (χ3v) is 11.1. The fourth-order valence-electron chi connectivity index (χ4n) is 6.91. The summed E-state index contributed by atoms with van der Waals surface area (Å²) in [5.41, 5.74) is 3.87. The van der Waals surface area contributed by atoms with Gasteiger partial charge in [0.25, 0.3) is 5.91 Å². The molecule has 2 unspecified atom stereocenters. The molecule has 6 rings (SSSR count). The molecule has 2 fully saturated rings. The number of aliphatic hydroxyl groups excluding tert-OH is 1. The van der Waals surface area contributed by atoms with Crippen molar-refractivity contribution in [2.75, 3.05) is 31.9 Å². The number of fused-ring (bicyclic) bond motifs is 1. The number of carbonyl (C=O) groups is 3. The second-order valence-corrected chi connectivity index (χ2v) is 15.2. The van der Waals surface area contributed by atoms with Gasteiger partial charge < -0.3 is 26.4 Å².